The second-order valence-electron chi connectivity index (χ2n) is 4.82. The molecule has 2 nitrogen and oxygen atoms in total. The normalized spacial score (nSPS) is 24.1. The fourth-order valence-electron chi connectivity index (χ4n) is 2.19. The van der Waals surface area contributed by atoms with E-state index in [9.17, 15) is 5.11 Å². The maximum atomic E-state index is 9.63. The van der Waals surface area contributed by atoms with E-state index in [-0.39, 0.29) is 5.60 Å². The van der Waals surface area contributed by atoms with E-state index in [2.05, 4.69) is 18.7 Å². The van der Waals surface area contributed by atoms with Crippen LogP contribution in [0.4, 0.5) is 0 Å². The first kappa shape index (κ1) is 11.8. The minimum atomic E-state index is -0.342. The number of ether oxygens (including phenoxy) is 1. The molecule has 0 radical (unpaired) electrons. The van der Waals surface area contributed by atoms with Crippen LogP contribution in [-0.2, 0) is 11.2 Å². The van der Waals surface area contributed by atoms with Crippen LogP contribution in [0, 0.1) is 0 Å². The van der Waals surface area contributed by atoms with E-state index in [1.54, 1.807) is 6.08 Å². The molecule has 1 aromatic rings. The lowest BCUT2D eigenvalue weighted by Gasteiger charge is -2.34. The highest BCUT2D eigenvalue weighted by molar-refractivity contribution is 5.19. The lowest BCUT2D eigenvalue weighted by Crippen LogP contribution is -2.32. The van der Waals surface area contributed by atoms with Crippen molar-refractivity contribution in [1.82, 2.24) is 0 Å². The summed E-state index contributed by atoms with van der Waals surface area (Å²) in [5.74, 6) is 0.904. The average Bonchev–Trinajstić information content (AvgIpc) is 2.26. The zero-order valence-corrected chi connectivity index (χ0v) is 10.1. The summed E-state index contributed by atoms with van der Waals surface area (Å²) in [7, 11) is 0. The van der Waals surface area contributed by atoms with Crippen molar-refractivity contribution in [2.45, 2.75) is 31.8 Å². The van der Waals surface area contributed by atoms with E-state index in [1.165, 1.54) is 5.56 Å². The molecule has 2 heteroatoms. The molecular formula is C15H18O2. The molecule has 2 rings (SSSR count). The van der Waals surface area contributed by atoms with Crippen molar-refractivity contribution in [1.29, 1.82) is 0 Å². The van der Waals surface area contributed by atoms with Crippen molar-refractivity contribution >= 4 is 0 Å². The van der Waals surface area contributed by atoms with Crippen LogP contribution in [0.5, 0.6) is 0 Å². The number of benzene rings is 1. The molecule has 0 spiro atoms. The number of rotatable bonds is 3. The minimum absolute atomic E-state index is 0.342. The van der Waals surface area contributed by atoms with Gasteiger partial charge in [-0.05, 0) is 25.3 Å². The van der Waals surface area contributed by atoms with Gasteiger partial charge in [-0.2, -0.15) is 0 Å². The SMILES string of the molecule is C=C1C=C(O)C[C@](C)(CCc2ccccc2)O1. The van der Waals surface area contributed by atoms with Gasteiger partial charge in [0.15, 0.2) is 0 Å². The van der Waals surface area contributed by atoms with Gasteiger partial charge in [0.1, 0.15) is 11.4 Å². The predicted molar refractivity (Wildman–Crippen MR) is 68.7 cm³/mol. The van der Waals surface area contributed by atoms with Crippen LogP contribution in [-0.4, -0.2) is 10.7 Å². The summed E-state index contributed by atoms with van der Waals surface area (Å²) < 4.78 is 5.74. The standard InChI is InChI=1S/C15H18O2/c1-12-10-14(16)11-15(2,17-12)9-8-13-6-4-3-5-7-13/h3-7,10,16H,1,8-9,11H2,2H3/t15-/m0/s1. The first-order chi connectivity index (χ1) is 8.07. The fraction of sp³-hybridized carbons (Fsp3) is 0.333. The molecule has 0 amide bonds. The van der Waals surface area contributed by atoms with Gasteiger partial charge in [-0.1, -0.05) is 36.9 Å². The van der Waals surface area contributed by atoms with Gasteiger partial charge < -0.3 is 9.84 Å². The molecule has 0 bridgehead atoms. The lowest BCUT2D eigenvalue weighted by molar-refractivity contribution is -0.000441. The van der Waals surface area contributed by atoms with Crippen LogP contribution in [0.15, 0.2) is 54.5 Å². The Kier molecular flexibility index (Phi) is 3.23. The molecule has 1 heterocycles. The van der Waals surface area contributed by atoms with Crippen LogP contribution in [0.1, 0.15) is 25.3 Å². The molecule has 0 saturated carbocycles. The Morgan fingerprint density at radius 1 is 1.35 bits per heavy atom. The van der Waals surface area contributed by atoms with Crippen LogP contribution in [0.25, 0.3) is 0 Å². The smallest absolute Gasteiger partial charge is 0.116 e. The van der Waals surface area contributed by atoms with E-state index in [0.29, 0.717) is 17.9 Å². The van der Waals surface area contributed by atoms with E-state index in [1.807, 2.05) is 25.1 Å². The molecule has 1 atom stereocenters. The Labute approximate surface area is 102 Å². The summed E-state index contributed by atoms with van der Waals surface area (Å²) in [6, 6.07) is 10.3. The number of aliphatic hydroxyl groups is 1. The molecule has 0 unspecified atom stereocenters. The zero-order valence-electron chi connectivity index (χ0n) is 10.1. The quantitative estimate of drug-likeness (QED) is 0.856. The van der Waals surface area contributed by atoms with Gasteiger partial charge in [-0.25, -0.2) is 0 Å². The molecule has 1 aliphatic heterocycles. The topological polar surface area (TPSA) is 29.5 Å². The summed E-state index contributed by atoms with van der Waals surface area (Å²) >= 11 is 0. The van der Waals surface area contributed by atoms with Crippen LogP contribution in [0.2, 0.25) is 0 Å². The first-order valence-electron chi connectivity index (χ1n) is 5.89. The van der Waals surface area contributed by atoms with Gasteiger partial charge in [0.25, 0.3) is 0 Å². The van der Waals surface area contributed by atoms with E-state index in [4.69, 9.17) is 4.74 Å². The van der Waals surface area contributed by atoms with Gasteiger partial charge in [-0.3, -0.25) is 0 Å². The number of aryl methyl sites for hydroxylation is 1. The van der Waals surface area contributed by atoms with Crippen molar-refractivity contribution < 1.29 is 9.84 Å². The first-order valence-corrected chi connectivity index (χ1v) is 5.89. The van der Waals surface area contributed by atoms with Crippen molar-refractivity contribution in [3.8, 4) is 0 Å². The third kappa shape index (κ3) is 3.13. The molecule has 1 aliphatic rings. The molecular weight excluding hydrogens is 212 g/mol. The summed E-state index contributed by atoms with van der Waals surface area (Å²) in [4.78, 5) is 0. The zero-order chi connectivity index (χ0) is 12.3. The molecule has 0 aromatic heterocycles. The third-order valence-electron chi connectivity index (χ3n) is 3.05. The van der Waals surface area contributed by atoms with Gasteiger partial charge in [0.2, 0.25) is 0 Å². The largest absolute Gasteiger partial charge is 0.512 e. The summed E-state index contributed by atoms with van der Waals surface area (Å²) in [5.41, 5.74) is 0.947. The Morgan fingerprint density at radius 3 is 2.71 bits per heavy atom. The maximum Gasteiger partial charge on any atom is 0.116 e. The Bertz CT molecular complexity index is 433. The van der Waals surface area contributed by atoms with Crippen LogP contribution in [0.3, 0.4) is 0 Å². The third-order valence-corrected chi connectivity index (χ3v) is 3.05. The van der Waals surface area contributed by atoms with Crippen molar-refractivity contribution in [3.63, 3.8) is 0 Å². The Hall–Kier alpha value is -1.70. The highest BCUT2D eigenvalue weighted by Crippen LogP contribution is 2.32. The number of aliphatic hydroxyl groups excluding tert-OH is 1. The summed E-state index contributed by atoms with van der Waals surface area (Å²) in [5, 5.41) is 9.63. The predicted octanol–water partition coefficient (Wildman–Crippen LogP) is 3.75. The second kappa shape index (κ2) is 4.66. The van der Waals surface area contributed by atoms with E-state index >= 15 is 0 Å². The highest BCUT2D eigenvalue weighted by atomic mass is 16.5. The average molecular weight is 230 g/mol. The van der Waals surface area contributed by atoms with E-state index < -0.39 is 0 Å². The lowest BCUT2D eigenvalue weighted by atomic mass is 9.91. The number of hydrogen-bond donors (Lipinski definition) is 1. The molecule has 1 aromatic carbocycles. The van der Waals surface area contributed by atoms with Gasteiger partial charge in [0.05, 0.1) is 5.76 Å². The van der Waals surface area contributed by atoms with E-state index in [0.717, 1.165) is 12.8 Å². The summed E-state index contributed by atoms with van der Waals surface area (Å²) in [6.07, 6.45) is 3.95. The molecule has 0 fully saturated rings. The molecule has 0 aliphatic carbocycles. The molecule has 0 saturated heterocycles. The monoisotopic (exact) mass is 230 g/mol. The molecule has 17 heavy (non-hydrogen) atoms. The van der Waals surface area contributed by atoms with Crippen molar-refractivity contribution in [3.05, 3.63) is 60.1 Å². The van der Waals surface area contributed by atoms with Gasteiger partial charge >= 0.3 is 0 Å². The Morgan fingerprint density at radius 2 is 2.06 bits per heavy atom. The van der Waals surface area contributed by atoms with Crippen LogP contribution >= 0.6 is 0 Å². The minimum Gasteiger partial charge on any atom is -0.512 e. The second-order valence-corrected chi connectivity index (χ2v) is 4.82. The number of hydrogen-bond acceptors (Lipinski definition) is 2. The number of allylic oxidation sites excluding steroid dienone is 1. The van der Waals surface area contributed by atoms with Crippen molar-refractivity contribution in [2.75, 3.05) is 0 Å². The van der Waals surface area contributed by atoms with Gasteiger partial charge in [-0.15, -0.1) is 0 Å². The summed E-state index contributed by atoms with van der Waals surface area (Å²) in [6.45, 7) is 5.77. The molecule has 90 valence electrons. The Balaban J connectivity index is 1.99. The highest BCUT2D eigenvalue weighted by Gasteiger charge is 2.31. The fourth-order valence-corrected chi connectivity index (χ4v) is 2.19. The van der Waals surface area contributed by atoms with Gasteiger partial charge in [0, 0.05) is 12.5 Å². The molecule has 1 N–H and O–H groups in total. The van der Waals surface area contributed by atoms with Crippen molar-refractivity contribution in [2.24, 2.45) is 0 Å². The maximum absolute atomic E-state index is 9.63. The van der Waals surface area contributed by atoms with Crippen LogP contribution < -0.4 is 0 Å².